The topological polar surface area (TPSA) is 0 Å². The molecule has 1 aliphatic carbocycles. The molecule has 0 aromatic heterocycles. The van der Waals surface area contributed by atoms with Crippen LogP contribution in [0.4, 0.5) is 0 Å². The van der Waals surface area contributed by atoms with E-state index in [0.717, 1.165) is 3.63 Å². The molecule has 4 aromatic carbocycles. The first-order valence-electron chi connectivity index (χ1n) is 11.0. The fraction of sp³-hybridized carbons (Fsp3) is 0.214. The predicted octanol–water partition coefficient (Wildman–Crippen LogP) is 2.24. The van der Waals surface area contributed by atoms with Gasteiger partial charge in [0.2, 0.25) is 0 Å². The van der Waals surface area contributed by atoms with Gasteiger partial charge in [-0.25, -0.2) is 0 Å². The van der Waals surface area contributed by atoms with E-state index in [1.807, 2.05) is 0 Å². The molecule has 161 valence electrons. The molecule has 0 saturated carbocycles. The van der Waals surface area contributed by atoms with E-state index in [1.54, 1.807) is 11.1 Å². The van der Waals surface area contributed by atoms with Crippen LogP contribution in [0.1, 0.15) is 34.5 Å². The summed E-state index contributed by atoms with van der Waals surface area (Å²) >= 11 is -0.411. The van der Waals surface area contributed by atoms with E-state index >= 15 is 0 Å². The molecule has 5 rings (SSSR count). The van der Waals surface area contributed by atoms with Crippen molar-refractivity contribution in [1.29, 1.82) is 0 Å². The molecule has 0 saturated heterocycles. The van der Waals surface area contributed by atoms with Gasteiger partial charge in [-0.05, 0) is 0 Å². The Bertz CT molecular complexity index is 1280. The van der Waals surface area contributed by atoms with Gasteiger partial charge in [0.25, 0.3) is 0 Å². The molecule has 1 unspecified atom stereocenters. The molecule has 0 bridgehead atoms. The molecule has 0 amide bonds. The van der Waals surface area contributed by atoms with Crippen molar-refractivity contribution in [2.45, 2.75) is 36.5 Å². The van der Waals surface area contributed by atoms with Crippen LogP contribution in [0.15, 0.2) is 78.4 Å². The Hall–Kier alpha value is -1.18. The number of rotatable bonds is 5. The van der Waals surface area contributed by atoms with Crippen LogP contribution >= 0.6 is 0 Å². The van der Waals surface area contributed by atoms with Gasteiger partial charge in [-0.3, -0.25) is 0 Å². The third-order valence-electron chi connectivity index (χ3n) is 6.18. The third kappa shape index (κ3) is 4.58. The summed E-state index contributed by atoms with van der Waals surface area (Å²) < 4.78 is 0.791. The van der Waals surface area contributed by atoms with E-state index in [-0.39, 0.29) is 30.7 Å². The summed E-state index contributed by atoms with van der Waals surface area (Å²) in [5.74, 6) is -0.120. The standard InChI is InChI=1S/C26H21.C2H6Si.2ClH.Zr/c1-2-8-18-15-19-10-7-14-24(25(19)16-18)26-17-20-9-3-4-11-21(20)22-12-5-6-13-23(22)26;1-3-2;;;/h3-7,9-17H,2,8H2,1H3;1-2H3;2*1H;/q;;;;+2/p-2. The van der Waals surface area contributed by atoms with Crippen molar-refractivity contribution in [3.63, 3.8) is 0 Å². The molecule has 0 spiro atoms. The molecule has 0 nitrogen and oxygen atoms in total. The predicted molar refractivity (Wildman–Crippen MR) is 130 cm³/mol. The fourth-order valence-corrected chi connectivity index (χ4v) is 13.8. The molecule has 1 atom stereocenters. The SMILES string of the molecule is CCCC1=Cc2c(-c3cc4ccccc4c4ccccc34)cccc2[CH]1[Zr+2][Si](C)C.[Cl-].[Cl-]. The molecular formula is C28H27Cl2SiZr. The van der Waals surface area contributed by atoms with Crippen LogP contribution in [0.5, 0.6) is 0 Å². The summed E-state index contributed by atoms with van der Waals surface area (Å²) in [6, 6.07) is 27.3. The first kappa shape index (κ1) is 25.4. The average molecular weight is 554 g/mol. The van der Waals surface area contributed by atoms with Crippen molar-refractivity contribution < 1.29 is 47.2 Å². The van der Waals surface area contributed by atoms with E-state index in [1.165, 1.54) is 51.1 Å². The Morgan fingerprint density at radius 3 is 2.19 bits per heavy atom. The molecule has 0 heterocycles. The molecule has 32 heavy (non-hydrogen) atoms. The van der Waals surface area contributed by atoms with E-state index in [9.17, 15) is 0 Å². The average Bonchev–Trinajstić information content (AvgIpc) is 3.10. The van der Waals surface area contributed by atoms with Crippen molar-refractivity contribution >= 4 is 33.5 Å². The largest absolute Gasteiger partial charge is 1.00 e. The van der Waals surface area contributed by atoms with Gasteiger partial charge in [0.15, 0.2) is 0 Å². The quantitative estimate of drug-likeness (QED) is 0.263. The summed E-state index contributed by atoms with van der Waals surface area (Å²) in [7, 11) is 0. The normalized spacial score (nSPS) is 14.5. The summed E-state index contributed by atoms with van der Waals surface area (Å²) in [6.45, 7) is 7.38. The van der Waals surface area contributed by atoms with Crippen molar-refractivity contribution in [2.75, 3.05) is 0 Å². The minimum atomic E-state index is -0.411. The fourth-order valence-electron chi connectivity index (χ4n) is 4.94. The maximum atomic E-state index is 2.58. The van der Waals surface area contributed by atoms with Crippen LogP contribution in [0.3, 0.4) is 0 Å². The van der Waals surface area contributed by atoms with Gasteiger partial charge in [-0.1, -0.05) is 0 Å². The zero-order chi connectivity index (χ0) is 20.7. The van der Waals surface area contributed by atoms with Gasteiger partial charge in [0.1, 0.15) is 0 Å². The van der Waals surface area contributed by atoms with Gasteiger partial charge < -0.3 is 24.8 Å². The molecule has 4 aromatic rings. The smallest absolute Gasteiger partial charge is 1.00 e. The summed E-state index contributed by atoms with van der Waals surface area (Å²) in [5, 5.41) is 5.41. The first-order chi connectivity index (χ1) is 14.7. The number of halogens is 2. The van der Waals surface area contributed by atoms with E-state index in [2.05, 4.69) is 98.9 Å². The number of hydrogen-bond donors (Lipinski definition) is 0. The monoisotopic (exact) mass is 551 g/mol. The van der Waals surface area contributed by atoms with Crippen LogP contribution in [0, 0.1) is 0 Å². The first-order valence-corrected chi connectivity index (χ1v) is 18.6. The second-order valence-electron chi connectivity index (χ2n) is 8.55. The van der Waals surface area contributed by atoms with Crippen molar-refractivity contribution in [3.05, 3.63) is 89.5 Å². The van der Waals surface area contributed by atoms with Crippen molar-refractivity contribution in [1.82, 2.24) is 0 Å². The number of allylic oxidation sites excluding steroid dienone is 1. The second-order valence-corrected chi connectivity index (χ2v) is 21.8. The van der Waals surface area contributed by atoms with Gasteiger partial charge in [0.05, 0.1) is 0 Å². The Balaban J connectivity index is 0.00000144. The molecule has 0 N–H and O–H groups in total. The minimum absolute atomic E-state index is 0. The van der Waals surface area contributed by atoms with Crippen LogP contribution < -0.4 is 24.8 Å². The Morgan fingerprint density at radius 1 is 0.781 bits per heavy atom. The van der Waals surface area contributed by atoms with E-state index < -0.39 is 22.4 Å². The summed E-state index contributed by atoms with van der Waals surface area (Å²) in [4.78, 5) is 0. The zero-order valence-corrected chi connectivity index (χ0v) is 23.7. The summed E-state index contributed by atoms with van der Waals surface area (Å²) in [5.41, 5.74) is 7.67. The molecule has 0 aliphatic heterocycles. The maximum absolute atomic E-state index is 2.58. The van der Waals surface area contributed by atoms with Crippen molar-refractivity contribution in [2.24, 2.45) is 0 Å². The van der Waals surface area contributed by atoms with Gasteiger partial charge in [-0.2, -0.15) is 0 Å². The van der Waals surface area contributed by atoms with Gasteiger partial charge in [0, 0.05) is 0 Å². The molecule has 1 aliphatic rings. The Labute approximate surface area is 216 Å². The molecule has 1 radical (unpaired) electrons. The summed E-state index contributed by atoms with van der Waals surface area (Å²) in [6.07, 6.45) is 5.08. The van der Waals surface area contributed by atoms with Gasteiger partial charge in [-0.15, -0.1) is 0 Å². The number of fused-ring (bicyclic) bond motifs is 4. The van der Waals surface area contributed by atoms with Crippen LogP contribution in [0.25, 0.3) is 38.7 Å². The maximum Gasteiger partial charge on any atom is -1.00 e. The zero-order valence-electron chi connectivity index (χ0n) is 18.8. The Kier molecular flexibility index (Phi) is 8.61. The molecule has 0 fully saturated rings. The molecule has 4 heteroatoms. The second kappa shape index (κ2) is 10.8. The van der Waals surface area contributed by atoms with Gasteiger partial charge >= 0.3 is 193 Å². The van der Waals surface area contributed by atoms with Crippen LogP contribution in [-0.4, -0.2) is 5.92 Å². The molecular weight excluding hydrogens is 527 g/mol. The third-order valence-corrected chi connectivity index (χ3v) is 15.1. The van der Waals surface area contributed by atoms with E-state index in [0.29, 0.717) is 0 Å². The number of hydrogen-bond acceptors (Lipinski definition) is 0. The van der Waals surface area contributed by atoms with Crippen molar-refractivity contribution in [3.8, 4) is 11.1 Å². The van der Waals surface area contributed by atoms with Crippen LogP contribution in [-0.2, 0) is 22.4 Å². The van der Waals surface area contributed by atoms with Crippen LogP contribution in [0.2, 0.25) is 13.1 Å². The minimum Gasteiger partial charge on any atom is -1.00 e. The Morgan fingerprint density at radius 2 is 1.47 bits per heavy atom. The van der Waals surface area contributed by atoms with E-state index in [4.69, 9.17) is 0 Å². The number of benzene rings is 4.